The molecule has 0 heterocycles. The summed E-state index contributed by atoms with van der Waals surface area (Å²) in [6, 6.07) is 0. The summed E-state index contributed by atoms with van der Waals surface area (Å²) >= 11 is 0. The molecule has 1 N–H and O–H groups in total. The van der Waals surface area contributed by atoms with Gasteiger partial charge in [0.05, 0.1) is 0 Å². The summed E-state index contributed by atoms with van der Waals surface area (Å²) in [5, 5.41) is 27.9. The molecule has 0 aliphatic rings. The van der Waals surface area contributed by atoms with Crippen molar-refractivity contribution in [1.82, 2.24) is 0 Å². The molecule has 0 bridgehead atoms. The van der Waals surface area contributed by atoms with Crippen molar-refractivity contribution in [3.05, 3.63) is 0 Å². The second kappa shape index (κ2) is 31.1. The number of carboxylic acids is 2. The number of aliphatic carboxylic acids is 2. The van der Waals surface area contributed by atoms with Crippen LogP contribution in [0.5, 0.6) is 0 Å². The molecule has 0 radical (unpaired) electrons. The van der Waals surface area contributed by atoms with E-state index < -0.39 is 24.8 Å². The predicted octanol–water partition coefficient (Wildman–Crippen LogP) is 2.50. The van der Waals surface area contributed by atoms with E-state index in [1.807, 2.05) is 6.92 Å². The largest absolute Gasteiger partial charge is 2.00 e. The molecule has 0 aromatic heterocycles. The number of hydrogen-bond donors (Lipinski definition) is 1. The monoisotopic (exact) mass is 478 g/mol. The molecule has 0 aliphatic carbocycles. The van der Waals surface area contributed by atoms with E-state index in [1.165, 1.54) is 25.7 Å². The zero-order valence-corrected chi connectivity index (χ0v) is 21.3. The smallest absolute Gasteiger partial charge is 0.550 e. The molecule has 0 rings (SSSR count). The molecule has 0 atom stereocenters. The van der Waals surface area contributed by atoms with Gasteiger partial charge < -0.3 is 24.9 Å². The predicted molar refractivity (Wildman–Crippen MR) is 113 cm³/mol. The fraction of sp³-hybridized carbons (Fsp3) is 0.826. The molecule has 180 valence electrons. The molecule has 31 heavy (non-hydrogen) atoms. The van der Waals surface area contributed by atoms with Gasteiger partial charge in [0.2, 0.25) is 0 Å². The van der Waals surface area contributed by atoms with Crippen LogP contribution in [-0.2, 0) is 40.9 Å². The third-order valence-corrected chi connectivity index (χ3v) is 4.02. The van der Waals surface area contributed by atoms with Gasteiger partial charge >= 0.3 is 21.7 Å². The Kier molecular flexibility index (Phi) is 37.5. The van der Waals surface area contributed by atoms with Crippen LogP contribution in [0.2, 0.25) is 0 Å². The van der Waals surface area contributed by atoms with Crippen LogP contribution < -0.4 is 10.2 Å². The Morgan fingerprint density at radius 2 is 0.871 bits per heavy atom. The first-order valence-corrected chi connectivity index (χ1v) is 11.3. The average Bonchev–Trinajstić information content (AvgIpc) is 2.67. The third kappa shape index (κ3) is 43.6. The van der Waals surface area contributed by atoms with E-state index in [0.717, 1.165) is 44.9 Å². The molecule has 0 unspecified atom stereocenters. The Hall–Kier alpha value is -1.05. The molecule has 0 aromatic carbocycles. The molecule has 8 heteroatoms. The Labute approximate surface area is 203 Å². The first-order valence-electron chi connectivity index (χ1n) is 11.3. The van der Waals surface area contributed by atoms with Crippen LogP contribution in [0.15, 0.2) is 0 Å². The van der Waals surface area contributed by atoms with Crippen LogP contribution in [0.3, 0.4) is 0 Å². The molecule has 0 amide bonds. The van der Waals surface area contributed by atoms with Crippen LogP contribution >= 0.6 is 0 Å². The topological polar surface area (TPSA) is 135 Å². The van der Waals surface area contributed by atoms with E-state index >= 15 is 0 Å². The van der Waals surface area contributed by atoms with Crippen molar-refractivity contribution in [2.45, 2.75) is 117 Å². The third-order valence-electron chi connectivity index (χ3n) is 4.02. The standard InChI is InChI=1S/2C10H18O3.C3H8O.Ti/c2*1-2-3-4-5-6-7-9(11)8-10(12)13;1-2-3-4;/h2*2-8H2,1H3,(H,12,13);4H,2-3H2,1H3;/q;;;+2/p-2. The van der Waals surface area contributed by atoms with Gasteiger partial charge in [0, 0.05) is 44.2 Å². The molecule has 0 fully saturated rings. The number of carbonyl (C=O) groups is 4. The Bertz CT molecular complexity index is 400. The number of aliphatic hydroxyl groups is 1. The summed E-state index contributed by atoms with van der Waals surface area (Å²) in [7, 11) is 0. The number of carboxylic acid groups (broad SMARTS) is 2. The van der Waals surface area contributed by atoms with E-state index in [9.17, 15) is 29.4 Å². The van der Waals surface area contributed by atoms with Gasteiger partial charge in [-0.25, -0.2) is 0 Å². The van der Waals surface area contributed by atoms with Gasteiger partial charge in [-0.1, -0.05) is 72.1 Å². The second-order valence-electron chi connectivity index (χ2n) is 7.23. The van der Waals surface area contributed by atoms with Crippen LogP contribution in [0.25, 0.3) is 0 Å². The fourth-order valence-electron chi connectivity index (χ4n) is 2.35. The van der Waals surface area contributed by atoms with Crippen molar-refractivity contribution in [2.24, 2.45) is 0 Å². The number of carbonyl (C=O) groups excluding carboxylic acids is 4. The van der Waals surface area contributed by atoms with Gasteiger partial charge in [-0.2, -0.15) is 0 Å². The Balaban J connectivity index is -0.000000195. The minimum Gasteiger partial charge on any atom is -0.550 e. The minimum atomic E-state index is -1.27. The molecular weight excluding hydrogens is 436 g/mol. The van der Waals surface area contributed by atoms with Crippen molar-refractivity contribution < 1.29 is 56.2 Å². The first-order chi connectivity index (χ1) is 14.2. The summed E-state index contributed by atoms with van der Waals surface area (Å²) in [6.45, 7) is 6.50. The Morgan fingerprint density at radius 3 is 1.10 bits per heavy atom. The normalized spacial score (nSPS) is 9.29. The molecule has 0 spiro atoms. The van der Waals surface area contributed by atoms with E-state index in [2.05, 4.69) is 13.8 Å². The molecule has 0 aliphatic heterocycles. The maximum Gasteiger partial charge on any atom is 2.00 e. The first kappa shape index (κ1) is 37.3. The SMILES string of the molecule is CCCCCCCC(=O)CC(=O)[O-].CCCCCCCC(=O)CC(=O)[O-].CCCO.[Ti+2]. The average molecular weight is 478 g/mol. The second-order valence-corrected chi connectivity index (χ2v) is 7.23. The van der Waals surface area contributed by atoms with Crippen LogP contribution in [0, 0.1) is 0 Å². The number of hydrogen-bond acceptors (Lipinski definition) is 7. The van der Waals surface area contributed by atoms with Crippen LogP contribution in [0.4, 0.5) is 0 Å². The van der Waals surface area contributed by atoms with Gasteiger partial charge in [0.25, 0.3) is 0 Å². The number of Topliss-reactive ketones (excluding diaryl/α,β-unsaturated/α-hetero) is 2. The van der Waals surface area contributed by atoms with Crippen LogP contribution in [-0.4, -0.2) is 35.2 Å². The molecule has 0 saturated heterocycles. The number of unbranched alkanes of at least 4 members (excludes halogenated alkanes) is 8. The number of rotatable bonds is 17. The zero-order valence-electron chi connectivity index (χ0n) is 19.7. The molecule has 0 saturated carbocycles. The summed E-state index contributed by atoms with van der Waals surface area (Å²) in [4.78, 5) is 41.8. The van der Waals surface area contributed by atoms with E-state index in [-0.39, 0.29) is 33.3 Å². The number of aliphatic hydroxyl groups excluding tert-OH is 1. The maximum absolute atomic E-state index is 10.9. The van der Waals surface area contributed by atoms with E-state index in [0.29, 0.717) is 19.4 Å². The molecule has 7 nitrogen and oxygen atoms in total. The fourth-order valence-corrected chi connectivity index (χ4v) is 2.35. The van der Waals surface area contributed by atoms with Gasteiger partial charge in [0.1, 0.15) is 11.6 Å². The van der Waals surface area contributed by atoms with Crippen molar-refractivity contribution in [3.8, 4) is 0 Å². The molecule has 0 aromatic rings. The van der Waals surface area contributed by atoms with Crippen molar-refractivity contribution in [1.29, 1.82) is 0 Å². The molecular formula is C23H42O7Ti. The van der Waals surface area contributed by atoms with Gasteiger partial charge in [-0.3, -0.25) is 9.59 Å². The van der Waals surface area contributed by atoms with E-state index in [1.54, 1.807) is 0 Å². The Morgan fingerprint density at radius 1 is 0.581 bits per heavy atom. The zero-order chi connectivity index (χ0) is 23.6. The van der Waals surface area contributed by atoms with Crippen molar-refractivity contribution >= 4 is 23.5 Å². The summed E-state index contributed by atoms with van der Waals surface area (Å²) in [5.41, 5.74) is 0. The minimum absolute atomic E-state index is 0. The van der Waals surface area contributed by atoms with Crippen molar-refractivity contribution in [2.75, 3.05) is 6.61 Å². The van der Waals surface area contributed by atoms with Gasteiger partial charge in [-0.05, 0) is 19.3 Å². The summed E-state index contributed by atoms with van der Waals surface area (Å²) in [6.07, 6.45) is 11.5. The summed E-state index contributed by atoms with van der Waals surface area (Å²) < 4.78 is 0. The van der Waals surface area contributed by atoms with E-state index in [4.69, 9.17) is 5.11 Å². The summed E-state index contributed by atoms with van der Waals surface area (Å²) in [5.74, 6) is -2.95. The quantitative estimate of drug-likeness (QED) is 0.193. The van der Waals surface area contributed by atoms with Gasteiger partial charge in [0.15, 0.2) is 0 Å². The number of ketones is 2. The van der Waals surface area contributed by atoms with Gasteiger partial charge in [-0.15, -0.1) is 0 Å². The van der Waals surface area contributed by atoms with Crippen LogP contribution in [0.1, 0.15) is 117 Å². The van der Waals surface area contributed by atoms with Crippen molar-refractivity contribution in [3.63, 3.8) is 0 Å². The maximum atomic E-state index is 10.9.